The predicted molar refractivity (Wildman–Crippen MR) is 107 cm³/mol. The normalized spacial score (nSPS) is 10.7. The van der Waals surface area contributed by atoms with Gasteiger partial charge >= 0.3 is 0 Å². The number of benzene rings is 2. The number of nitrogens with zero attached hydrogens (tertiary/aromatic N) is 2. The van der Waals surface area contributed by atoms with Crippen LogP contribution in [-0.2, 0) is 17.6 Å². The fourth-order valence-corrected chi connectivity index (χ4v) is 2.87. The molecule has 140 valence electrons. The van der Waals surface area contributed by atoms with Crippen LogP contribution in [0.5, 0.6) is 0 Å². The molecule has 27 heavy (non-hydrogen) atoms. The van der Waals surface area contributed by atoms with Crippen LogP contribution < -0.4 is 5.32 Å². The topological polar surface area (TPSA) is 68.0 Å². The molecule has 0 atom stereocenters. The maximum atomic E-state index is 12.1. The molecule has 0 bridgehead atoms. The summed E-state index contributed by atoms with van der Waals surface area (Å²) in [5, 5.41) is 7.45. The molecule has 0 unspecified atom stereocenters. The van der Waals surface area contributed by atoms with Crippen molar-refractivity contribution in [3.8, 4) is 11.4 Å². The Labute approximate surface area is 163 Å². The maximum Gasteiger partial charge on any atom is 0.227 e. The van der Waals surface area contributed by atoms with E-state index >= 15 is 0 Å². The zero-order valence-electron chi connectivity index (χ0n) is 15.2. The van der Waals surface area contributed by atoms with Crippen LogP contribution in [0.3, 0.4) is 0 Å². The van der Waals surface area contributed by atoms with E-state index in [9.17, 15) is 4.79 Å². The predicted octanol–water partition coefficient (Wildman–Crippen LogP) is 5.30. The van der Waals surface area contributed by atoms with Gasteiger partial charge in [-0.1, -0.05) is 54.4 Å². The summed E-state index contributed by atoms with van der Waals surface area (Å²) in [5.74, 6) is 0.810. The molecule has 0 aliphatic carbocycles. The smallest absolute Gasteiger partial charge is 0.227 e. The SMILES string of the molecule is CCCCc1ccc(NC(=O)CCc2nc(-c3cccc(Cl)c3)no2)cc1. The summed E-state index contributed by atoms with van der Waals surface area (Å²) in [5.41, 5.74) is 2.87. The Morgan fingerprint density at radius 2 is 1.96 bits per heavy atom. The van der Waals surface area contributed by atoms with Crippen molar-refractivity contribution in [3.05, 3.63) is 65.0 Å². The molecule has 0 radical (unpaired) electrons. The Hall–Kier alpha value is -2.66. The van der Waals surface area contributed by atoms with Crippen molar-refractivity contribution in [3.63, 3.8) is 0 Å². The molecule has 1 N–H and O–H groups in total. The van der Waals surface area contributed by atoms with Crippen LogP contribution in [0.25, 0.3) is 11.4 Å². The van der Waals surface area contributed by atoms with E-state index in [-0.39, 0.29) is 12.3 Å². The third-order valence-electron chi connectivity index (χ3n) is 4.17. The van der Waals surface area contributed by atoms with Gasteiger partial charge in [-0.2, -0.15) is 4.98 Å². The third-order valence-corrected chi connectivity index (χ3v) is 4.41. The van der Waals surface area contributed by atoms with Gasteiger partial charge < -0.3 is 9.84 Å². The number of aromatic nitrogens is 2. The Morgan fingerprint density at radius 3 is 2.70 bits per heavy atom. The fourth-order valence-electron chi connectivity index (χ4n) is 2.68. The van der Waals surface area contributed by atoms with E-state index in [1.165, 1.54) is 18.4 Å². The summed E-state index contributed by atoms with van der Waals surface area (Å²) in [6, 6.07) is 15.2. The molecule has 0 saturated heterocycles. The van der Waals surface area contributed by atoms with E-state index in [2.05, 4.69) is 34.5 Å². The highest BCUT2D eigenvalue weighted by Gasteiger charge is 2.11. The molecule has 3 rings (SSSR count). The van der Waals surface area contributed by atoms with Crippen molar-refractivity contribution in [1.29, 1.82) is 0 Å². The molecule has 1 aromatic heterocycles. The summed E-state index contributed by atoms with van der Waals surface area (Å²) < 4.78 is 5.23. The molecule has 1 amide bonds. The lowest BCUT2D eigenvalue weighted by Crippen LogP contribution is -2.12. The quantitative estimate of drug-likeness (QED) is 0.572. The van der Waals surface area contributed by atoms with Gasteiger partial charge in [-0.15, -0.1) is 0 Å². The van der Waals surface area contributed by atoms with Gasteiger partial charge in [0, 0.05) is 29.1 Å². The second-order valence-corrected chi connectivity index (χ2v) is 6.81. The molecule has 1 heterocycles. The first kappa shape index (κ1) is 19.1. The van der Waals surface area contributed by atoms with Crippen LogP contribution in [0.2, 0.25) is 5.02 Å². The number of hydrogen-bond donors (Lipinski definition) is 1. The lowest BCUT2D eigenvalue weighted by molar-refractivity contribution is -0.116. The van der Waals surface area contributed by atoms with Gasteiger partial charge in [0.25, 0.3) is 0 Å². The Morgan fingerprint density at radius 1 is 1.15 bits per heavy atom. The van der Waals surface area contributed by atoms with Crippen molar-refractivity contribution in [1.82, 2.24) is 10.1 Å². The van der Waals surface area contributed by atoms with Gasteiger partial charge in [-0.05, 0) is 42.7 Å². The summed E-state index contributed by atoms with van der Waals surface area (Å²) in [6.45, 7) is 2.18. The zero-order chi connectivity index (χ0) is 19.1. The Balaban J connectivity index is 1.51. The van der Waals surface area contributed by atoms with Gasteiger partial charge in [0.2, 0.25) is 17.6 Å². The number of nitrogens with one attached hydrogen (secondary N) is 1. The second-order valence-electron chi connectivity index (χ2n) is 6.37. The molecule has 2 aromatic carbocycles. The van der Waals surface area contributed by atoms with E-state index in [0.29, 0.717) is 23.2 Å². The minimum atomic E-state index is -0.0844. The van der Waals surface area contributed by atoms with E-state index in [1.807, 2.05) is 24.3 Å². The van der Waals surface area contributed by atoms with Crippen molar-refractivity contribution in [2.24, 2.45) is 0 Å². The molecule has 0 fully saturated rings. The Bertz CT molecular complexity index is 890. The van der Waals surface area contributed by atoms with Gasteiger partial charge in [0.15, 0.2) is 0 Å². The summed E-state index contributed by atoms with van der Waals surface area (Å²) in [4.78, 5) is 16.5. The van der Waals surface area contributed by atoms with E-state index < -0.39 is 0 Å². The lowest BCUT2D eigenvalue weighted by atomic mass is 10.1. The van der Waals surface area contributed by atoms with Crippen molar-refractivity contribution >= 4 is 23.2 Å². The second kappa shape index (κ2) is 9.33. The number of carbonyl (C=O) groups is 1. The van der Waals surface area contributed by atoms with Crippen LogP contribution in [0, 0.1) is 0 Å². The highest BCUT2D eigenvalue weighted by Crippen LogP contribution is 2.20. The minimum absolute atomic E-state index is 0.0844. The number of halogens is 1. The average Bonchev–Trinajstić information content (AvgIpc) is 3.15. The molecule has 0 saturated carbocycles. The average molecular weight is 384 g/mol. The minimum Gasteiger partial charge on any atom is -0.339 e. The number of aryl methyl sites for hydroxylation is 2. The monoisotopic (exact) mass is 383 g/mol. The molecular weight excluding hydrogens is 362 g/mol. The van der Waals surface area contributed by atoms with E-state index in [1.54, 1.807) is 12.1 Å². The Kier molecular flexibility index (Phi) is 6.60. The largest absolute Gasteiger partial charge is 0.339 e. The number of carbonyl (C=O) groups excluding carboxylic acids is 1. The molecular formula is C21H22ClN3O2. The summed E-state index contributed by atoms with van der Waals surface area (Å²) >= 11 is 5.98. The number of rotatable bonds is 8. The standard InChI is InChI=1S/C21H22ClN3O2/c1-2-3-5-15-8-10-18(11-9-15)23-19(26)12-13-20-24-21(25-27-20)16-6-4-7-17(22)14-16/h4,6-11,14H,2-3,5,12-13H2,1H3,(H,23,26). The first-order valence-electron chi connectivity index (χ1n) is 9.11. The third kappa shape index (κ3) is 5.66. The van der Waals surface area contributed by atoms with Crippen LogP contribution in [0.15, 0.2) is 53.1 Å². The number of hydrogen-bond acceptors (Lipinski definition) is 4. The van der Waals surface area contributed by atoms with E-state index in [0.717, 1.165) is 17.7 Å². The molecule has 0 aliphatic heterocycles. The van der Waals surface area contributed by atoms with Gasteiger partial charge in [0.05, 0.1) is 0 Å². The van der Waals surface area contributed by atoms with Gasteiger partial charge in [-0.3, -0.25) is 4.79 Å². The van der Waals surface area contributed by atoms with Gasteiger partial charge in [-0.25, -0.2) is 0 Å². The fraction of sp³-hybridized carbons (Fsp3) is 0.286. The summed E-state index contributed by atoms with van der Waals surface area (Å²) in [7, 11) is 0. The number of anilines is 1. The number of unbranched alkanes of at least 4 members (excludes halogenated alkanes) is 1. The van der Waals surface area contributed by atoms with Crippen LogP contribution >= 0.6 is 11.6 Å². The molecule has 0 aliphatic rings. The highest BCUT2D eigenvalue weighted by molar-refractivity contribution is 6.30. The molecule has 3 aromatic rings. The van der Waals surface area contributed by atoms with Crippen molar-refractivity contribution in [2.75, 3.05) is 5.32 Å². The van der Waals surface area contributed by atoms with Crippen LogP contribution in [-0.4, -0.2) is 16.0 Å². The number of amides is 1. The molecule has 6 heteroatoms. The first-order valence-corrected chi connectivity index (χ1v) is 9.49. The molecule has 0 spiro atoms. The van der Waals surface area contributed by atoms with Crippen LogP contribution in [0.4, 0.5) is 5.69 Å². The highest BCUT2D eigenvalue weighted by atomic mass is 35.5. The van der Waals surface area contributed by atoms with Crippen LogP contribution in [0.1, 0.15) is 37.6 Å². The first-order chi connectivity index (χ1) is 13.1. The van der Waals surface area contributed by atoms with Crippen molar-refractivity contribution < 1.29 is 9.32 Å². The lowest BCUT2D eigenvalue weighted by Gasteiger charge is -2.06. The van der Waals surface area contributed by atoms with Crippen molar-refractivity contribution in [2.45, 2.75) is 39.0 Å². The zero-order valence-corrected chi connectivity index (χ0v) is 16.0. The van der Waals surface area contributed by atoms with E-state index in [4.69, 9.17) is 16.1 Å². The summed E-state index contributed by atoms with van der Waals surface area (Å²) in [6.07, 6.45) is 4.07. The van der Waals surface area contributed by atoms with Gasteiger partial charge in [0.1, 0.15) is 0 Å². The molecule has 5 nitrogen and oxygen atoms in total. The maximum absolute atomic E-state index is 12.1.